The zero-order chi connectivity index (χ0) is 17.1. The van der Waals surface area contributed by atoms with Crippen LogP contribution in [0.5, 0.6) is 0 Å². The molecule has 0 bridgehead atoms. The first kappa shape index (κ1) is 16.4. The summed E-state index contributed by atoms with van der Waals surface area (Å²) < 4.78 is 0. The maximum atomic E-state index is 12.4. The molecule has 2 aliphatic rings. The van der Waals surface area contributed by atoms with Crippen molar-refractivity contribution in [2.45, 2.75) is 37.4 Å². The summed E-state index contributed by atoms with van der Waals surface area (Å²) in [4.78, 5) is 38.2. The zero-order valence-electron chi connectivity index (χ0n) is 13.4. The van der Waals surface area contributed by atoms with Crippen LogP contribution in [0.15, 0.2) is 30.3 Å². The minimum absolute atomic E-state index is 0.146. The Morgan fingerprint density at radius 1 is 1.08 bits per heavy atom. The normalized spacial score (nSPS) is 23.0. The van der Waals surface area contributed by atoms with E-state index in [2.05, 4.69) is 10.6 Å². The van der Waals surface area contributed by atoms with Crippen LogP contribution in [0.3, 0.4) is 0 Å². The van der Waals surface area contributed by atoms with Gasteiger partial charge in [-0.25, -0.2) is 0 Å². The molecule has 2 atom stereocenters. The molecule has 1 aromatic rings. The van der Waals surface area contributed by atoms with Gasteiger partial charge < -0.3 is 21.3 Å². The molecule has 4 N–H and O–H groups in total. The van der Waals surface area contributed by atoms with E-state index in [0.29, 0.717) is 18.5 Å². The van der Waals surface area contributed by atoms with Crippen molar-refractivity contribution < 1.29 is 14.4 Å². The summed E-state index contributed by atoms with van der Waals surface area (Å²) in [6.45, 7) is 0.157. The predicted octanol–water partition coefficient (Wildman–Crippen LogP) is -0.377. The summed E-state index contributed by atoms with van der Waals surface area (Å²) in [5, 5.41) is 5.83. The topological polar surface area (TPSA) is 105 Å². The highest BCUT2D eigenvalue weighted by atomic mass is 16.2. The Balaban J connectivity index is 1.65. The first-order chi connectivity index (χ1) is 11.6. The van der Waals surface area contributed by atoms with Crippen LogP contribution in [0.25, 0.3) is 0 Å². The average molecular weight is 330 g/mol. The molecule has 0 aromatic heterocycles. The van der Waals surface area contributed by atoms with Crippen LogP contribution < -0.4 is 16.4 Å². The lowest BCUT2D eigenvalue weighted by Crippen LogP contribution is -2.48. The Labute approximate surface area is 140 Å². The maximum Gasteiger partial charge on any atom is 0.251 e. The number of nitrogens with one attached hydrogen (secondary N) is 2. The second kappa shape index (κ2) is 7.00. The Bertz CT molecular complexity index is 630. The number of hydrogen-bond acceptors (Lipinski definition) is 4. The molecular formula is C17H22N4O3. The lowest BCUT2D eigenvalue weighted by molar-refractivity contribution is -0.137. The van der Waals surface area contributed by atoms with E-state index in [-0.39, 0.29) is 36.3 Å². The average Bonchev–Trinajstić information content (AvgIpc) is 3.31. The smallest absolute Gasteiger partial charge is 0.251 e. The van der Waals surface area contributed by atoms with Crippen LogP contribution >= 0.6 is 0 Å². The van der Waals surface area contributed by atoms with Crippen LogP contribution in [0.1, 0.15) is 29.6 Å². The van der Waals surface area contributed by atoms with Crippen molar-refractivity contribution in [2.24, 2.45) is 5.73 Å². The molecule has 1 aliphatic heterocycles. The number of nitrogens with two attached hydrogens (primary N) is 1. The second-order valence-electron chi connectivity index (χ2n) is 6.32. The minimum Gasteiger partial charge on any atom is -0.352 e. The van der Waals surface area contributed by atoms with Crippen LogP contribution in [0.2, 0.25) is 0 Å². The predicted molar refractivity (Wildman–Crippen MR) is 88.0 cm³/mol. The summed E-state index contributed by atoms with van der Waals surface area (Å²) in [7, 11) is 0. The molecule has 128 valence electrons. The van der Waals surface area contributed by atoms with Crippen molar-refractivity contribution >= 4 is 17.7 Å². The summed E-state index contributed by atoms with van der Waals surface area (Å²) in [6.07, 6.45) is 2.37. The molecule has 0 spiro atoms. The van der Waals surface area contributed by atoms with Crippen LogP contribution in [0.4, 0.5) is 0 Å². The largest absolute Gasteiger partial charge is 0.352 e. The van der Waals surface area contributed by atoms with Gasteiger partial charge in [0.25, 0.3) is 5.91 Å². The molecule has 3 rings (SSSR count). The molecule has 3 amide bonds. The van der Waals surface area contributed by atoms with Crippen molar-refractivity contribution in [3.63, 3.8) is 0 Å². The fourth-order valence-electron chi connectivity index (χ4n) is 2.97. The number of likely N-dealkylation sites (tertiary alicyclic amines) is 1. The molecule has 2 fully saturated rings. The van der Waals surface area contributed by atoms with Gasteiger partial charge in [-0.2, -0.15) is 0 Å². The number of amides is 3. The SMILES string of the molecule is NCC(=O)N1C[C@H](NC(=O)c2ccccc2)C[C@H]1C(=O)NC1CC1. The standard InChI is InChI=1S/C17H22N4O3/c18-9-15(22)21-10-13(8-14(21)17(24)19-12-6-7-12)20-16(23)11-4-2-1-3-5-11/h1-5,12-14H,6-10,18H2,(H,19,24)(H,20,23)/t13-,14+/m1/s1. The van der Waals surface area contributed by atoms with Gasteiger partial charge in [-0.05, 0) is 31.4 Å². The summed E-state index contributed by atoms with van der Waals surface area (Å²) >= 11 is 0. The number of carbonyl (C=O) groups excluding carboxylic acids is 3. The molecule has 1 aliphatic carbocycles. The summed E-state index contributed by atoms with van der Waals surface area (Å²) in [5.41, 5.74) is 6.01. The third kappa shape index (κ3) is 3.73. The fourth-order valence-corrected chi connectivity index (χ4v) is 2.97. The number of rotatable bonds is 5. The van der Waals surface area contributed by atoms with E-state index in [9.17, 15) is 14.4 Å². The van der Waals surface area contributed by atoms with Gasteiger partial charge in [-0.1, -0.05) is 18.2 Å². The lowest BCUT2D eigenvalue weighted by Gasteiger charge is -2.23. The van der Waals surface area contributed by atoms with E-state index in [4.69, 9.17) is 5.73 Å². The van der Waals surface area contributed by atoms with Gasteiger partial charge in [0.15, 0.2) is 0 Å². The van der Waals surface area contributed by atoms with Crippen LogP contribution in [-0.4, -0.2) is 53.8 Å². The van der Waals surface area contributed by atoms with E-state index in [1.54, 1.807) is 24.3 Å². The van der Waals surface area contributed by atoms with Crippen LogP contribution in [0, 0.1) is 0 Å². The lowest BCUT2D eigenvalue weighted by atomic mass is 10.1. The first-order valence-corrected chi connectivity index (χ1v) is 8.24. The molecule has 1 saturated carbocycles. The zero-order valence-corrected chi connectivity index (χ0v) is 13.4. The van der Waals surface area contributed by atoms with Gasteiger partial charge in [0.05, 0.1) is 6.54 Å². The molecule has 7 nitrogen and oxygen atoms in total. The molecule has 0 unspecified atom stereocenters. The second-order valence-corrected chi connectivity index (χ2v) is 6.32. The molecule has 1 saturated heterocycles. The third-order valence-electron chi connectivity index (χ3n) is 4.39. The first-order valence-electron chi connectivity index (χ1n) is 8.24. The van der Waals surface area contributed by atoms with E-state index in [1.165, 1.54) is 4.90 Å². The molecule has 24 heavy (non-hydrogen) atoms. The Morgan fingerprint density at radius 2 is 1.79 bits per heavy atom. The number of benzene rings is 1. The molecule has 1 aromatic carbocycles. The van der Waals surface area contributed by atoms with E-state index in [0.717, 1.165) is 12.8 Å². The van der Waals surface area contributed by atoms with Gasteiger partial charge in [0.1, 0.15) is 6.04 Å². The summed E-state index contributed by atoms with van der Waals surface area (Å²) in [5.74, 6) is -0.637. The van der Waals surface area contributed by atoms with Crippen molar-refractivity contribution in [1.82, 2.24) is 15.5 Å². The van der Waals surface area contributed by atoms with Gasteiger partial charge in [0, 0.05) is 24.2 Å². The third-order valence-corrected chi connectivity index (χ3v) is 4.39. The molecule has 0 radical (unpaired) electrons. The van der Waals surface area contributed by atoms with Crippen molar-refractivity contribution in [2.75, 3.05) is 13.1 Å². The highest BCUT2D eigenvalue weighted by Gasteiger charge is 2.41. The van der Waals surface area contributed by atoms with Gasteiger partial charge in [-0.3, -0.25) is 14.4 Å². The van der Waals surface area contributed by atoms with Gasteiger partial charge >= 0.3 is 0 Å². The van der Waals surface area contributed by atoms with E-state index in [1.807, 2.05) is 6.07 Å². The van der Waals surface area contributed by atoms with E-state index >= 15 is 0 Å². The highest BCUT2D eigenvalue weighted by molar-refractivity contribution is 5.95. The highest BCUT2D eigenvalue weighted by Crippen LogP contribution is 2.23. The Kier molecular flexibility index (Phi) is 4.80. The van der Waals surface area contributed by atoms with Gasteiger partial charge in [-0.15, -0.1) is 0 Å². The molecular weight excluding hydrogens is 308 g/mol. The number of nitrogens with zero attached hydrogens (tertiary/aromatic N) is 1. The molecule has 1 heterocycles. The van der Waals surface area contributed by atoms with Crippen molar-refractivity contribution in [3.8, 4) is 0 Å². The van der Waals surface area contributed by atoms with Crippen LogP contribution in [-0.2, 0) is 9.59 Å². The Hall–Kier alpha value is -2.41. The fraction of sp³-hybridized carbons (Fsp3) is 0.471. The quantitative estimate of drug-likeness (QED) is 0.685. The van der Waals surface area contributed by atoms with Gasteiger partial charge in [0.2, 0.25) is 11.8 Å². The number of hydrogen-bond donors (Lipinski definition) is 3. The summed E-state index contributed by atoms with van der Waals surface area (Å²) in [6, 6.07) is 8.27. The van der Waals surface area contributed by atoms with Crippen molar-refractivity contribution in [3.05, 3.63) is 35.9 Å². The monoisotopic (exact) mass is 330 g/mol. The maximum absolute atomic E-state index is 12.4. The molecule has 7 heteroatoms. The minimum atomic E-state index is -0.567. The van der Waals surface area contributed by atoms with Crippen molar-refractivity contribution in [1.29, 1.82) is 0 Å². The number of carbonyl (C=O) groups is 3. The Morgan fingerprint density at radius 3 is 2.42 bits per heavy atom. The van der Waals surface area contributed by atoms with E-state index < -0.39 is 6.04 Å².